The number of nitrogens with zero attached hydrogens (tertiary/aromatic N) is 5. The van der Waals surface area contributed by atoms with Gasteiger partial charge in [0.1, 0.15) is 11.3 Å². The van der Waals surface area contributed by atoms with E-state index < -0.39 is 0 Å². The SMILES string of the molecule is C[C@@H](c1cncs1)n1cnc(C(=O)N2C[C@@H]3C(C4=NOC(C)(C)C4)[C@@H]3C2)c1. The van der Waals surface area contributed by atoms with Crippen molar-refractivity contribution in [1.82, 2.24) is 19.4 Å². The molecular weight excluding hydrogens is 362 g/mol. The van der Waals surface area contributed by atoms with Crippen molar-refractivity contribution in [3.8, 4) is 0 Å². The third-order valence-corrected chi connectivity index (χ3v) is 6.96. The lowest BCUT2D eigenvalue weighted by Gasteiger charge is -2.19. The fraction of sp³-hybridized carbons (Fsp3) is 0.579. The fourth-order valence-corrected chi connectivity index (χ4v) is 5.13. The Bertz CT molecular complexity index is 891. The van der Waals surface area contributed by atoms with E-state index >= 15 is 0 Å². The van der Waals surface area contributed by atoms with E-state index in [2.05, 4.69) is 35.9 Å². The van der Waals surface area contributed by atoms with Gasteiger partial charge >= 0.3 is 0 Å². The lowest BCUT2D eigenvalue weighted by Crippen LogP contribution is -2.33. The zero-order valence-corrected chi connectivity index (χ0v) is 16.5. The number of fused-ring (bicyclic) bond motifs is 1. The Morgan fingerprint density at radius 2 is 2.15 bits per heavy atom. The summed E-state index contributed by atoms with van der Waals surface area (Å²) < 4.78 is 1.98. The van der Waals surface area contributed by atoms with E-state index in [1.165, 1.54) is 5.71 Å². The van der Waals surface area contributed by atoms with E-state index in [0.717, 1.165) is 24.4 Å². The summed E-state index contributed by atoms with van der Waals surface area (Å²) in [6.45, 7) is 7.82. The minimum atomic E-state index is -0.177. The Morgan fingerprint density at radius 3 is 2.78 bits per heavy atom. The van der Waals surface area contributed by atoms with E-state index in [9.17, 15) is 4.79 Å². The third-order valence-electron chi connectivity index (χ3n) is 6.01. The van der Waals surface area contributed by atoms with E-state index in [0.29, 0.717) is 23.4 Å². The molecule has 4 atom stereocenters. The van der Waals surface area contributed by atoms with Gasteiger partial charge in [-0.2, -0.15) is 0 Å². The molecule has 4 heterocycles. The molecule has 1 saturated carbocycles. The largest absolute Gasteiger partial charge is 0.389 e. The van der Waals surface area contributed by atoms with Gasteiger partial charge in [0.15, 0.2) is 0 Å². The molecule has 0 bridgehead atoms. The molecule has 8 heteroatoms. The molecule has 27 heavy (non-hydrogen) atoms. The van der Waals surface area contributed by atoms with Crippen molar-refractivity contribution in [2.45, 2.75) is 38.8 Å². The van der Waals surface area contributed by atoms with Gasteiger partial charge in [0.2, 0.25) is 0 Å². The van der Waals surface area contributed by atoms with E-state index in [4.69, 9.17) is 4.84 Å². The van der Waals surface area contributed by atoms with Crippen LogP contribution < -0.4 is 0 Å². The van der Waals surface area contributed by atoms with Crippen LogP contribution >= 0.6 is 11.3 Å². The van der Waals surface area contributed by atoms with Crippen LogP contribution in [0.15, 0.2) is 29.4 Å². The fourth-order valence-electron chi connectivity index (χ4n) is 4.45. The number of amides is 1. The maximum absolute atomic E-state index is 12.9. The Kier molecular flexibility index (Phi) is 3.69. The minimum Gasteiger partial charge on any atom is -0.389 e. The lowest BCUT2D eigenvalue weighted by atomic mass is 9.98. The van der Waals surface area contributed by atoms with Gasteiger partial charge < -0.3 is 14.3 Å². The average molecular weight is 385 g/mol. The zero-order valence-electron chi connectivity index (χ0n) is 15.7. The molecule has 0 radical (unpaired) electrons. The van der Waals surface area contributed by atoms with E-state index in [1.807, 2.05) is 27.4 Å². The van der Waals surface area contributed by atoms with Gasteiger partial charge in [0.05, 0.1) is 23.6 Å². The first kappa shape index (κ1) is 16.9. The Morgan fingerprint density at radius 1 is 1.37 bits per heavy atom. The molecule has 2 aromatic rings. The van der Waals surface area contributed by atoms with Crippen LogP contribution in [0.1, 0.15) is 48.6 Å². The Balaban J connectivity index is 1.22. The summed E-state index contributed by atoms with van der Waals surface area (Å²) in [6.07, 6.45) is 6.36. The molecule has 1 amide bonds. The van der Waals surface area contributed by atoms with Crippen molar-refractivity contribution in [2.75, 3.05) is 13.1 Å². The van der Waals surface area contributed by atoms with Crippen molar-refractivity contribution >= 4 is 23.0 Å². The van der Waals surface area contributed by atoms with Gasteiger partial charge in [-0.25, -0.2) is 4.98 Å². The van der Waals surface area contributed by atoms with Gasteiger partial charge in [-0.05, 0) is 32.6 Å². The number of piperidine rings is 1. The second kappa shape index (κ2) is 5.89. The monoisotopic (exact) mass is 385 g/mol. The van der Waals surface area contributed by atoms with Crippen LogP contribution in [0, 0.1) is 17.8 Å². The average Bonchev–Trinajstić information content (AvgIpc) is 3.26. The van der Waals surface area contributed by atoms with Gasteiger partial charge in [-0.15, -0.1) is 11.3 Å². The molecule has 1 unspecified atom stereocenters. The smallest absolute Gasteiger partial charge is 0.274 e. The van der Waals surface area contributed by atoms with Gasteiger partial charge in [-0.3, -0.25) is 9.78 Å². The van der Waals surface area contributed by atoms with Crippen LogP contribution in [0.2, 0.25) is 0 Å². The number of oxime groups is 1. The van der Waals surface area contributed by atoms with Crippen LogP contribution in [-0.2, 0) is 4.84 Å². The predicted molar refractivity (Wildman–Crippen MR) is 102 cm³/mol. The Labute approximate surface area is 162 Å². The summed E-state index contributed by atoms with van der Waals surface area (Å²) >= 11 is 1.61. The van der Waals surface area contributed by atoms with Crippen LogP contribution in [0.5, 0.6) is 0 Å². The highest BCUT2D eigenvalue weighted by Crippen LogP contribution is 2.54. The molecular formula is C19H23N5O2S. The van der Waals surface area contributed by atoms with Crippen molar-refractivity contribution in [3.05, 3.63) is 34.8 Å². The zero-order chi connectivity index (χ0) is 18.8. The summed E-state index contributed by atoms with van der Waals surface area (Å²) in [5.74, 6) is 1.59. The van der Waals surface area contributed by atoms with Gasteiger partial charge in [-0.1, -0.05) is 5.16 Å². The number of rotatable bonds is 4. The number of imidazole rings is 1. The van der Waals surface area contributed by atoms with Gasteiger partial charge in [0, 0.05) is 42.7 Å². The number of hydrogen-bond donors (Lipinski definition) is 0. The van der Waals surface area contributed by atoms with E-state index in [1.54, 1.807) is 17.7 Å². The molecule has 2 fully saturated rings. The van der Waals surface area contributed by atoms with Crippen molar-refractivity contribution < 1.29 is 9.63 Å². The number of carbonyl (C=O) groups is 1. The number of aromatic nitrogens is 3. The van der Waals surface area contributed by atoms with Crippen LogP contribution in [0.25, 0.3) is 0 Å². The standard InChI is InChI=1S/C19H23N5O2S/c1-11(16-5-20-10-27-16)24-8-15(21-9-24)18(25)23-6-12-13(7-23)17(12)14-4-19(2,3)26-22-14/h5,8-13,17H,4,6-7H2,1-3H3/t11-,12-,13+,17?/m0/s1. The number of thiazole rings is 1. The summed E-state index contributed by atoms with van der Waals surface area (Å²) in [5, 5.41) is 4.30. The number of likely N-dealkylation sites (tertiary alicyclic amines) is 1. The number of carbonyl (C=O) groups excluding carboxylic acids is 1. The lowest BCUT2D eigenvalue weighted by molar-refractivity contribution is 0.0123. The molecule has 1 saturated heterocycles. The number of hydrogen-bond acceptors (Lipinski definition) is 6. The maximum Gasteiger partial charge on any atom is 0.274 e. The Hall–Kier alpha value is -2.22. The molecule has 7 nitrogen and oxygen atoms in total. The second-order valence-corrected chi connectivity index (χ2v) is 9.38. The van der Waals surface area contributed by atoms with Gasteiger partial charge in [0.25, 0.3) is 5.91 Å². The molecule has 0 spiro atoms. The molecule has 5 rings (SSSR count). The molecule has 0 N–H and O–H groups in total. The first-order valence-corrected chi connectivity index (χ1v) is 10.3. The minimum absolute atomic E-state index is 0.0288. The van der Waals surface area contributed by atoms with Crippen LogP contribution in [-0.4, -0.2) is 49.7 Å². The predicted octanol–water partition coefficient (Wildman–Crippen LogP) is 2.82. The van der Waals surface area contributed by atoms with Crippen LogP contribution in [0.4, 0.5) is 0 Å². The summed E-state index contributed by atoms with van der Waals surface area (Å²) in [7, 11) is 0. The quantitative estimate of drug-likeness (QED) is 0.811. The second-order valence-electron chi connectivity index (χ2n) is 8.46. The molecule has 0 aromatic carbocycles. The topological polar surface area (TPSA) is 72.6 Å². The van der Waals surface area contributed by atoms with Crippen LogP contribution in [0.3, 0.4) is 0 Å². The maximum atomic E-state index is 12.9. The van der Waals surface area contributed by atoms with Crippen molar-refractivity contribution in [2.24, 2.45) is 22.9 Å². The first-order chi connectivity index (χ1) is 12.9. The highest BCUT2D eigenvalue weighted by molar-refractivity contribution is 7.09. The molecule has 142 valence electrons. The summed E-state index contributed by atoms with van der Waals surface area (Å²) in [4.78, 5) is 29.9. The molecule has 3 aliphatic rings. The first-order valence-electron chi connectivity index (χ1n) is 9.39. The summed E-state index contributed by atoms with van der Waals surface area (Å²) in [6, 6.07) is 0.131. The third kappa shape index (κ3) is 2.86. The molecule has 1 aliphatic carbocycles. The summed E-state index contributed by atoms with van der Waals surface area (Å²) in [5.41, 5.74) is 3.35. The van der Waals surface area contributed by atoms with E-state index in [-0.39, 0.29) is 17.6 Å². The molecule has 2 aromatic heterocycles. The van der Waals surface area contributed by atoms with Crippen molar-refractivity contribution in [1.29, 1.82) is 0 Å². The van der Waals surface area contributed by atoms with Crippen molar-refractivity contribution in [3.63, 3.8) is 0 Å². The normalized spacial score (nSPS) is 29.2. The molecule has 2 aliphatic heterocycles. The highest BCUT2D eigenvalue weighted by Gasteiger charge is 2.60. The highest BCUT2D eigenvalue weighted by atomic mass is 32.1.